The summed E-state index contributed by atoms with van der Waals surface area (Å²) in [4.78, 5) is 0. The second-order valence-corrected chi connectivity index (χ2v) is 17.5. The monoisotopic (exact) mass is 846 g/mol. The van der Waals surface area contributed by atoms with Gasteiger partial charge in [-0.15, -0.1) is 26.3 Å². The predicted octanol–water partition coefficient (Wildman–Crippen LogP) is 15.1. The van der Waals surface area contributed by atoms with E-state index in [9.17, 15) is 26.3 Å². The maximum Gasteiger partial charge on any atom is 0.573 e. The van der Waals surface area contributed by atoms with Crippen molar-refractivity contribution in [2.45, 2.75) is 78.2 Å². The van der Waals surface area contributed by atoms with Gasteiger partial charge in [0.2, 0.25) is 0 Å². The first-order chi connectivity index (χ1) is 29.2. The van der Waals surface area contributed by atoms with Crippen molar-refractivity contribution in [1.29, 1.82) is 0 Å². The summed E-state index contributed by atoms with van der Waals surface area (Å²) in [5, 5.41) is 2.17. The lowest BCUT2D eigenvalue weighted by Gasteiger charge is -2.19. The zero-order valence-electron chi connectivity index (χ0n) is 35.4. The third-order valence-corrected chi connectivity index (χ3v) is 10.7. The zero-order valence-corrected chi connectivity index (χ0v) is 35.4. The third-order valence-electron chi connectivity index (χ3n) is 10.7. The standard InChI is InChI=1S/2C26H24F3NO/c2*1-25(2,3)22-9-4-18(5-10-22)17-30-15-14-21-16-20(8-13-24(21)30)19-6-11-23(12-7-19)31-26(27,28)29/h2*4-16H,17H2,1-3H3. The Bertz CT molecular complexity index is 2550. The normalized spacial score (nSPS) is 12.3. The molecule has 10 heteroatoms. The summed E-state index contributed by atoms with van der Waals surface area (Å²) >= 11 is 0. The number of rotatable bonds is 8. The Morgan fingerprint density at radius 2 is 0.710 bits per heavy atom. The van der Waals surface area contributed by atoms with E-state index in [0.29, 0.717) is 0 Å². The number of aromatic nitrogens is 2. The van der Waals surface area contributed by atoms with Crippen molar-refractivity contribution in [3.05, 3.63) is 180 Å². The van der Waals surface area contributed by atoms with Crippen LogP contribution >= 0.6 is 0 Å². The van der Waals surface area contributed by atoms with Gasteiger partial charge in [-0.3, -0.25) is 0 Å². The Hall–Kier alpha value is -6.42. The van der Waals surface area contributed by atoms with Crippen LogP contribution in [0.1, 0.15) is 63.8 Å². The lowest BCUT2D eigenvalue weighted by molar-refractivity contribution is -0.275. The van der Waals surface area contributed by atoms with Crippen molar-refractivity contribution < 1.29 is 35.8 Å². The van der Waals surface area contributed by atoms with Crippen LogP contribution in [-0.4, -0.2) is 21.9 Å². The highest BCUT2D eigenvalue weighted by Crippen LogP contribution is 2.32. The number of alkyl halides is 6. The number of benzene rings is 6. The van der Waals surface area contributed by atoms with Crippen LogP contribution in [0.4, 0.5) is 26.3 Å². The quantitative estimate of drug-likeness (QED) is 0.143. The molecule has 0 aliphatic rings. The molecule has 0 atom stereocenters. The lowest BCUT2D eigenvalue weighted by atomic mass is 9.87. The van der Waals surface area contributed by atoms with Gasteiger partial charge in [0.25, 0.3) is 0 Å². The summed E-state index contributed by atoms with van der Waals surface area (Å²) in [6, 6.07) is 45.6. The van der Waals surface area contributed by atoms with Gasteiger partial charge in [0.15, 0.2) is 0 Å². The van der Waals surface area contributed by atoms with Crippen LogP contribution in [0.2, 0.25) is 0 Å². The van der Waals surface area contributed by atoms with Gasteiger partial charge in [0, 0.05) is 47.3 Å². The van der Waals surface area contributed by atoms with Gasteiger partial charge in [-0.2, -0.15) is 0 Å². The molecule has 0 fully saturated rings. The van der Waals surface area contributed by atoms with Gasteiger partial charge >= 0.3 is 12.7 Å². The van der Waals surface area contributed by atoms with E-state index in [4.69, 9.17) is 0 Å². The van der Waals surface area contributed by atoms with Crippen molar-refractivity contribution in [1.82, 2.24) is 9.13 Å². The Labute approximate surface area is 358 Å². The smallest absolute Gasteiger partial charge is 0.406 e. The number of nitrogens with zero attached hydrogens (tertiary/aromatic N) is 2. The van der Waals surface area contributed by atoms with Gasteiger partial charge in [-0.1, -0.05) is 126 Å². The molecule has 8 rings (SSSR count). The fraction of sp³-hybridized carbons (Fsp3) is 0.231. The average Bonchev–Trinajstić information content (AvgIpc) is 3.80. The number of fused-ring (bicyclic) bond motifs is 2. The van der Waals surface area contributed by atoms with Crippen LogP contribution < -0.4 is 9.47 Å². The number of ether oxygens (including phenoxy) is 2. The maximum atomic E-state index is 12.3. The minimum atomic E-state index is -4.68. The second kappa shape index (κ2) is 17.2. The highest BCUT2D eigenvalue weighted by molar-refractivity contribution is 5.87. The molecule has 2 aromatic heterocycles. The minimum absolute atomic E-state index is 0.131. The molecule has 0 saturated carbocycles. The van der Waals surface area contributed by atoms with E-state index in [-0.39, 0.29) is 22.3 Å². The molecule has 6 aromatic carbocycles. The first-order valence-electron chi connectivity index (χ1n) is 20.3. The molecule has 0 unspecified atom stereocenters. The highest BCUT2D eigenvalue weighted by Gasteiger charge is 2.31. The summed E-state index contributed by atoms with van der Waals surface area (Å²) in [5.74, 6) is -0.443. The lowest BCUT2D eigenvalue weighted by Crippen LogP contribution is -2.16. The van der Waals surface area contributed by atoms with Crippen LogP contribution in [0.5, 0.6) is 11.5 Å². The van der Waals surface area contributed by atoms with Crippen LogP contribution in [0.3, 0.4) is 0 Å². The Morgan fingerprint density at radius 3 is 1.02 bits per heavy atom. The SMILES string of the molecule is CC(C)(C)c1ccc(Cn2ccc3cc(-c4ccc(OC(F)(F)F)cc4)ccc32)cc1.CC(C)(C)c1ccc(Cn2ccc3cc(-c4ccc(OC(F)(F)F)cc4)ccc32)cc1. The van der Waals surface area contributed by atoms with Crippen molar-refractivity contribution in [3.8, 4) is 33.8 Å². The molecule has 320 valence electrons. The van der Waals surface area contributed by atoms with Crippen molar-refractivity contribution in [3.63, 3.8) is 0 Å². The maximum absolute atomic E-state index is 12.3. The molecule has 0 amide bonds. The number of hydrogen-bond donors (Lipinski definition) is 0. The molecule has 0 saturated heterocycles. The van der Waals surface area contributed by atoms with Crippen LogP contribution in [0.15, 0.2) is 158 Å². The second-order valence-electron chi connectivity index (χ2n) is 17.5. The summed E-state index contributed by atoms with van der Waals surface area (Å²) in [7, 11) is 0. The van der Waals surface area contributed by atoms with Gasteiger partial charge in [0.05, 0.1) is 0 Å². The summed E-state index contributed by atoms with van der Waals surface area (Å²) in [5.41, 5.74) is 11.1. The molecular weight excluding hydrogens is 799 g/mol. The Morgan fingerprint density at radius 1 is 0.387 bits per heavy atom. The van der Waals surface area contributed by atoms with Gasteiger partial charge in [-0.05, 0) is 116 Å². The van der Waals surface area contributed by atoms with Gasteiger partial charge in [0.1, 0.15) is 11.5 Å². The van der Waals surface area contributed by atoms with Crippen molar-refractivity contribution in [2.24, 2.45) is 0 Å². The molecule has 0 radical (unpaired) electrons. The fourth-order valence-electron chi connectivity index (χ4n) is 7.35. The van der Waals surface area contributed by atoms with Gasteiger partial charge in [-0.25, -0.2) is 0 Å². The van der Waals surface area contributed by atoms with Crippen LogP contribution in [0, 0.1) is 0 Å². The summed E-state index contributed by atoms with van der Waals surface area (Å²) in [6.45, 7) is 14.8. The number of halogens is 6. The predicted molar refractivity (Wildman–Crippen MR) is 237 cm³/mol. The Balaban J connectivity index is 0.000000186. The van der Waals surface area contributed by atoms with E-state index in [2.05, 4.69) is 133 Å². The number of hydrogen-bond acceptors (Lipinski definition) is 2. The minimum Gasteiger partial charge on any atom is -0.406 e. The zero-order chi connectivity index (χ0) is 44.5. The molecule has 8 aromatic rings. The van der Waals surface area contributed by atoms with Gasteiger partial charge < -0.3 is 18.6 Å². The van der Waals surface area contributed by atoms with E-state index in [1.165, 1.54) is 46.5 Å². The third kappa shape index (κ3) is 11.1. The molecule has 0 bridgehead atoms. The fourth-order valence-corrected chi connectivity index (χ4v) is 7.35. The molecule has 0 aliphatic carbocycles. The van der Waals surface area contributed by atoms with E-state index >= 15 is 0 Å². The van der Waals surface area contributed by atoms with E-state index < -0.39 is 12.7 Å². The first kappa shape index (κ1) is 43.7. The van der Waals surface area contributed by atoms with Crippen LogP contribution in [-0.2, 0) is 23.9 Å². The molecular formula is C52H48F6N2O2. The molecule has 0 spiro atoms. The topological polar surface area (TPSA) is 28.3 Å². The molecule has 0 aliphatic heterocycles. The van der Waals surface area contributed by atoms with Crippen molar-refractivity contribution >= 4 is 21.8 Å². The molecule has 0 N–H and O–H groups in total. The highest BCUT2D eigenvalue weighted by atomic mass is 19.4. The first-order valence-corrected chi connectivity index (χ1v) is 20.3. The van der Waals surface area contributed by atoms with Crippen molar-refractivity contribution in [2.75, 3.05) is 0 Å². The molecule has 4 nitrogen and oxygen atoms in total. The molecule has 62 heavy (non-hydrogen) atoms. The Kier molecular flexibility index (Phi) is 12.1. The average molecular weight is 847 g/mol. The largest absolute Gasteiger partial charge is 0.573 e. The summed E-state index contributed by atoms with van der Waals surface area (Å²) in [6.07, 6.45) is -5.24. The van der Waals surface area contributed by atoms with E-state index in [1.54, 1.807) is 24.3 Å². The molecule has 2 heterocycles. The van der Waals surface area contributed by atoms with E-state index in [1.807, 2.05) is 36.4 Å². The van der Waals surface area contributed by atoms with Crippen LogP contribution in [0.25, 0.3) is 44.1 Å². The van der Waals surface area contributed by atoms with E-state index in [0.717, 1.165) is 57.1 Å². The summed E-state index contributed by atoms with van der Waals surface area (Å²) < 4.78 is 86.4.